The topological polar surface area (TPSA) is 46.2 Å². The van der Waals surface area contributed by atoms with E-state index in [1.54, 1.807) is 0 Å². The van der Waals surface area contributed by atoms with Crippen molar-refractivity contribution in [2.24, 2.45) is 0 Å². The van der Waals surface area contributed by atoms with Crippen LogP contribution < -0.4 is 10.4 Å². The number of rotatable bonds is 5. The lowest BCUT2D eigenvalue weighted by Gasteiger charge is -2.48. The van der Waals surface area contributed by atoms with E-state index in [1.165, 1.54) is 10.4 Å². The molecule has 1 spiro atoms. The summed E-state index contributed by atoms with van der Waals surface area (Å²) in [5, 5.41) is 2.42. The summed E-state index contributed by atoms with van der Waals surface area (Å²) in [5.74, 6) is -1.65. The molecule has 0 unspecified atom stereocenters. The van der Waals surface area contributed by atoms with Crippen molar-refractivity contribution in [2.45, 2.75) is 95.4 Å². The molecule has 5 nitrogen and oxygen atoms in total. The van der Waals surface area contributed by atoms with Gasteiger partial charge in [0.1, 0.15) is 6.10 Å². The number of ether oxygens (including phenoxy) is 4. The molecule has 0 N–H and O–H groups in total. The van der Waals surface area contributed by atoms with Crippen molar-refractivity contribution in [1.82, 2.24) is 0 Å². The largest absolute Gasteiger partial charge is 0.405 e. The quantitative estimate of drug-likeness (QED) is 0.423. The number of hydrogen-bond acceptors (Lipinski definition) is 5. The van der Waals surface area contributed by atoms with Gasteiger partial charge >= 0.3 is 0 Å². The summed E-state index contributed by atoms with van der Waals surface area (Å²) < 4.78 is 33.1. The second kappa shape index (κ2) is 9.50. The first-order valence-corrected chi connectivity index (χ1v) is 15.1. The van der Waals surface area contributed by atoms with E-state index in [0.717, 1.165) is 6.42 Å². The van der Waals surface area contributed by atoms with Crippen molar-refractivity contribution in [1.29, 1.82) is 0 Å². The molecule has 5 atom stereocenters. The third kappa shape index (κ3) is 4.64. The molecule has 2 fully saturated rings. The maximum Gasteiger partial charge on any atom is 0.261 e. The predicted molar refractivity (Wildman–Crippen MR) is 144 cm³/mol. The monoisotopic (exact) mass is 508 g/mol. The second-order valence-electron chi connectivity index (χ2n) is 11.8. The molecule has 2 aromatic rings. The fourth-order valence-electron chi connectivity index (χ4n) is 6.12. The average molecular weight is 509 g/mol. The van der Waals surface area contributed by atoms with Crippen LogP contribution in [0.5, 0.6) is 0 Å². The minimum atomic E-state index is -2.68. The molecule has 6 heteroatoms. The summed E-state index contributed by atoms with van der Waals surface area (Å²) in [6.45, 7) is 13.3. The Bertz CT molecular complexity index is 1020. The molecule has 5 rings (SSSR count). The lowest BCUT2D eigenvalue weighted by atomic mass is 9.93. The molecule has 2 aromatic carbocycles. The van der Waals surface area contributed by atoms with Crippen molar-refractivity contribution in [3.8, 4) is 0 Å². The number of hydrogen-bond donors (Lipinski definition) is 0. The molecule has 0 amide bonds. The van der Waals surface area contributed by atoms with Crippen molar-refractivity contribution in [2.75, 3.05) is 6.61 Å². The Hall–Kier alpha value is -1.80. The lowest BCUT2D eigenvalue weighted by Crippen LogP contribution is -2.67. The van der Waals surface area contributed by atoms with Crippen LogP contribution in [0.3, 0.4) is 0 Å². The molecule has 0 radical (unpaired) electrons. The van der Waals surface area contributed by atoms with Gasteiger partial charge in [0.2, 0.25) is 5.79 Å². The van der Waals surface area contributed by atoms with Crippen LogP contribution in [-0.2, 0) is 23.4 Å². The average Bonchev–Trinajstić information content (AvgIpc) is 3.15. The first-order valence-electron chi connectivity index (χ1n) is 13.2. The molecular weight excluding hydrogens is 468 g/mol. The number of benzene rings is 2. The van der Waals surface area contributed by atoms with Crippen molar-refractivity contribution >= 4 is 18.7 Å². The van der Waals surface area contributed by atoms with Crippen LogP contribution in [0.1, 0.15) is 54.4 Å². The van der Waals surface area contributed by atoms with E-state index in [1.807, 2.05) is 19.9 Å². The highest BCUT2D eigenvalue weighted by atomic mass is 28.4. The summed E-state index contributed by atoms with van der Waals surface area (Å²) >= 11 is 0. The van der Waals surface area contributed by atoms with Crippen LogP contribution in [0, 0.1) is 0 Å². The molecule has 3 heterocycles. The Kier molecular flexibility index (Phi) is 6.81. The number of fused-ring (bicyclic) bond motifs is 2. The molecule has 0 aromatic heterocycles. The van der Waals surface area contributed by atoms with Crippen LogP contribution in [0.4, 0.5) is 0 Å². The molecule has 3 aliphatic rings. The van der Waals surface area contributed by atoms with Gasteiger partial charge in [-0.25, -0.2) is 0 Å². The molecule has 194 valence electrons. The Balaban J connectivity index is 1.49. The lowest BCUT2D eigenvalue weighted by molar-refractivity contribution is -0.320. The highest BCUT2D eigenvalue weighted by Gasteiger charge is 2.59. The zero-order chi connectivity index (χ0) is 25.6. The summed E-state index contributed by atoms with van der Waals surface area (Å²) in [4.78, 5) is 0. The van der Waals surface area contributed by atoms with Gasteiger partial charge in [-0.2, -0.15) is 0 Å². The molecular formula is C30H40O5Si. The van der Waals surface area contributed by atoms with Gasteiger partial charge in [-0.05, 0) is 48.7 Å². The zero-order valence-corrected chi connectivity index (χ0v) is 23.4. The van der Waals surface area contributed by atoms with Gasteiger partial charge in [0.25, 0.3) is 8.32 Å². The van der Waals surface area contributed by atoms with Gasteiger partial charge in [0.05, 0.1) is 24.9 Å². The Morgan fingerprint density at radius 2 is 1.50 bits per heavy atom. The standard InChI is InChI=1S/C30H40O5Si/c1-22-14-13-19-30(32-22)27-26(34-29(5,6)35-27)20-23(33-30)21-31-36(28(2,3)4,24-15-9-7-10-16-24)25-17-11-8-12-18-25/h7-13,15-19,22-23,26-27H,14,20-21H2,1-6H3/t22-,23+,26-,27-,30-/m0/s1. The molecule has 3 aliphatic heterocycles. The highest BCUT2D eigenvalue weighted by Crippen LogP contribution is 2.46. The van der Waals surface area contributed by atoms with E-state index in [2.05, 4.69) is 94.4 Å². The fraction of sp³-hybridized carbons (Fsp3) is 0.533. The van der Waals surface area contributed by atoms with Crippen molar-refractivity contribution in [3.05, 3.63) is 72.8 Å². The molecule has 0 aliphatic carbocycles. The SMILES string of the molecule is C[C@H]1CC=C[C@@]2(O[C@@H](CO[Si](c3ccccc3)(c3ccccc3)C(C)(C)C)C[C@@H]3OC(C)(C)O[C@@H]32)O1. The third-order valence-electron chi connectivity index (χ3n) is 7.53. The van der Waals surface area contributed by atoms with Gasteiger partial charge < -0.3 is 23.4 Å². The molecule has 2 saturated heterocycles. The fourth-order valence-corrected chi connectivity index (χ4v) is 10.7. The first-order chi connectivity index (χ1) is 17.0. The molecule has 36 heavy (non-hydrogen) atoms. The summed E-state index contributed by atoms with van der Waals surface area (Å²) in [6, 6.07) is 21.4. The predicted octanol–water partition coefficient (Wildman–Crippen LogP) is 4.93. The minimum absolute atomic E-state index is 0.0410. The van der Waals surface area contributed by atoms with Gasteiger partial charge in [0, 0.05) is 6.42 Å². The summed E-state index contributed by atoms with van der Waals surface area (Å²) in [7, 11) is -2.68. The minimum Gasteiger partial charge on any atom is -0.405 e. The van der Waals surface area contributed by atoms with Crippen molar-refractivity contribution in [3.63, 3.8) is 0 Å². The summed E-state index contributed by atoms with van der Waals surface area (Å²) in [6.07, 6.45) is 5.14. The highest BCUT2D eigenvalue weighted by molar-refractivity contribution is 6.99. The van der Waals surface area contributed by atoms with E-state index in [4.69, 9.17) is 23.4 Å². The Morgan fingerprint density at radius 1 is 0.889 bits per heavy atom. The van der Waals surface area contributed by atoms with Gasteiger partial charge in [-0.3, -0.25) is 0 Å². The van der Waals surface area contributed by atoms with E-state index in [-0.39, 0.29) is 29.5 Å². The van der Waals surface area contributed by atoms with Gasteiger partial charge in [-0.1, -0.05) is 87.5 Å². The van der Waals surface area contributed by atoms with E-state index in [0.29, 0.717) is 13.0 Å². The first kappa shape index (κ1) is 25.8. The smallest absolute Gasteiger partial charge is 0.261 e. The van der Waals surface area contributed by atoms with E-state index < -0.39 is 19.9 Å². The van der Waals surface area contributed by atoms with E-state index in [9.17, 15) is 0 Å². The van der Waals surface area contributed by atoms with Crippen LogP contribution in [0.25, 0.3) is 0 Å². The normalized spacial score (nSPS) is 31.9. The molecule has 0 bridgehead atoms. The van der Waals surface area contributed by atoms with Crippen LogP contribution in [0.15, 0.2) is 72.8 Å². The maximum atomic E-state index is 7.20. The van der Waals surface area contributed by atoms with Crippen LogP contribution >= 0.6 is 0 Å². The summed E-state index contributed by atoms with van der Waals surface area (Å²) in [5.41, 5.74) is 0. The maximum absolute atomic E-state index is 7.20. The van der Waals surface area contributed by atoms with Crippen LogP contribution in [-0.4, -0.2) is 50.9 Å². The van der Waals surface area contributed by atoms with Gasteiger partial charge in [-0.15, -0.1) is 0 Å². The Labute approximate surface area is 216 Å². The zero-order valence-electron chi connectivity index (χ0n) is 22.4. The van der Waals surface area contributed by atoms with E-state index >= 15 is 0 Å². The molecule has 0 saturated carbocycles. The van der Waals surface area contributed by atoms with Gasteiger partial charge in [0.15, 0.2) is 5.79 Å². The Morgan fingerprint density at radius 3 is 2.06 bits per heavy atom. The van der Waals surface area contributed by atoms with Crippen molar-refractivity contribution < 1.29 is 23.4 Å². The van der Waals surface area contributed by atoms with Crippen LogP contribution in [0.2, 0.25) is 5.04 Å². The second-order valence-corrected chi connectivity index (χ2v) is 16.1. The third-order valence-corrected chi connectivity index (χ3v) is 12.5.